The van der Waals surface area contributed by atoms with Crippen molar-refractivity contribution >= 4 is 23.5 Å². The van der Waals surface area contributed by atoms with E-state index in [4.69, 9.17) is 6.42 Å². The number of carbonyl (C=O) groups is 2. The lowest BCUT2D eigenvalue weighted by atomic mass is 10.2. The van der Waals surface area contributed by atoms with Gasteiger partial charge in [0.1, 0.15) is 6.54 Å². The Hall–Kier alpha value is -3.01. The van der Waals surface area contributed by atoms with Crippen molar-refractivity contribution in [3.63, 3.8) is 0 Å². The molecule has 0 bridgehead atoms. The van der Waals surface area contributed by atoms with Crippen LogP contribution in [0.25, 0.3) is 0 Å². The Morgan fingerprint density at radius 3 is 2.69 bits per heavy atom. The zero-order chi connectivity index (χ0) is 18.8. The van der Waals surface area contributed by atoms with Crippen LogP contribution in [0.4, 0.5) is 5.69 Å². The lowest BCUT2D eigenvalue weighted by Gasteiger charge is -2.12. The van der Waals surface area contributed by atoms with Gasteiger partial charge in [0, 0.05) is 36.8 Å². The Morgan fingerprint density at radius 1 is 1.23 bits per heavy atom. The maximum atomic E-state index is 12.0. The molecule has 138 valence electrons. The fourth-order valence-corrected chi connectivity index (χ4v) is 2.24. The van der Waals surface area contributed by atoms with Crippen LogP contribution in [-0.2, 0) is 9.59 Å². The van der Waals surface area contributed by atoms with Gasteiger partial charge in [-0.05, 0) is 38.0 Å². The molecule has 26 heavy (non-hydrogen) atoms. The van der Waals surface area contributed by atoms with E-state index in [1.807, 2.05) is 6.92 Å². The Labute approximate surface area is 154 Å². The smallest absolute Gasteiger partial charge is 0.246 e. The van der Waals surface area contributed by atoms with Crippen molar-refractivity contribution in [2.45, 2.75) is 19.8 Å². The molecule has 1 aromatic carbocycles. The van der Waals surface area contributed by atoms with Crippen LogP contribution in [0.15, 0.2) is 29.3 Å². The van der Waals surface area contributed by atoms with Crippen molar-refractivity contribution in [1.82, 2.24) is 16.0 Å². The van der Waals surface area contributed by atoms with Gasteiger partial charge in [-0.1, -0.05) is 12.0 Å². The van der Waals surface area contributed by atoms with E-state index in [1.54, 1.807) is 24.3 Å². The van der Waals surface area contributed by atoms with Gasteiger partial charge in [0.25, 0.3) is 0 Å². The molecule has 1 aromatic rings. The standard InChI is InChI=1S/C19H25N5O2/c1-3-14-6-5-7-16(12-14)24-17(25)13-23-19(20-4-2)22-11-10-21-18(26)15-8-9-15/h1,5-7,12,15H,4,8-11,13H2,2H3,(H,21,26)(H,24,25)(H2,20,22,23). The Morgan fingerprint density at radius 2 is 2.00 bits per heavy atom. The minimum atomic E-state index is -0.238. The highest BCUT2D eigenvalue weighted by Crippen LogP contribution is 2.28. The molecule has 7 nitrogen and oxygen atoms in total. The van der Waals surface area contributed by atoms with E-state index in [9.17, 15) is 9.59 Å². The van der Waals surface area contributed by atoms with Gasteiger partial charge in [-0.2, -0.15) is 0 Å². The predicted octanol–water partition coefficient (Wildman–Crippen LogP) is 0.688. The van der Waals surface area contributed by atoms with Crippen LogP contribution < -0.4 is 21.3 Å². The first kappa shape index (κ1) is 19.3. The predicted molar refractivity (Wildman–Crippen MR) is 103 cm³/mol. The van der Waals surface area contributed by atoms with E-state index in [0.717, 1.165) is 12.8 Å². The lowest BCUT2D eigenvalue weighted by molar-refractivity contribution is -0.122. The molecular weight excluding hydrogens is 330 g/mol. The van der Waals surface area contributed by atoms with Gasteiger partial charge in [-0.15, -0.1) is 6.42 Å². The second-order valence-corrected chi connectivity index (χ2v) is 5.96. The van der Waals surface area contributed by atoms with Gasteiger partial charge in [0.2, 0.25) is 11.8 Å². The van der Waals surface area contributed by atoms with Gasteiger partial charge < -0.3 is 21.3 Å². The number of hydrogen-bond donors (Lipinski definition) is 4. The van der Waals surface area contributed by atoms with E-state index in [2.05, 4.69) is 32.2 Å². The van der Waals surface area contributed by atoms with Crippen molar-refractivity contribution < 1.29 is 9.59 Å². The van der Waals surface area contributed by atoms with Gasteiger partial charge in [-0.25, -0.2) is 4.99 Å². The first-order valence-corrected chi connectivity index (χ1v) is 8.78. The first-order chi connectivity index (χ1) is 12.6. The first-order valence-electron chi connectivity index (χ1n) is 8.78. The highest BCUT2D eigenvalue weighted by atomic mass is 16.2. The SMILES string of the molecule is C#Cc1cccc(NC(=O)CN=C(NCC)NCCNC(=O)C2CC2)c1. The minimum absolute atomic E-state index is 0.0238. The van der Waals surface area contributed by atoms with Crippen molar-refractivity contribution in [1.29, 1.82) is 0 Å². The molecule has 0 unspecified atom stereocenters. The maximum absolute atomic E-state index is 12.0. The van der Waals surface area contributed by atoms with Crippen LogP contribution in [0.2, 0.25) is 0 Å². The number of anilines is 1. The number of benzene rings is 1. The third kappa shape index (κ3) is 6.85. The van der Waals surface area contributed by atoms with Crippen molar-refractivity contribution in [2.24, 2.45) is 10.9 Å². The third-order valence-electron chi connectivity index (χ3n) is 3.70. The van der Waals surface area contributed by atoms with Crippen molar-refractivity contribution in [3.8, 4) is 12.3 Å². The summed E-state index contributed by atoms with van der Waals surface area (Å²) >= 11 is 0. The van der Waals surface area contributed by atoms with Gasteiger partial charge in [0.15, 0.2) is 5.96 Å². The van der Waals surface area contributed by atoms with Crippen LogP contribution >= 0.6 is 0 Å². The molecule has 0 radical (unpaired) electrons. The van der Waals surface area contributed by atoms with Crippen molar-refractivity contribution in [3.05, 3.63) is 29.8 Å². The summed E-state index contributed by atoms with van der Waals surface area (Å²) in [6, 6.07) is 7.08. The molecule has 0 aromatic heterocycles. The number of rotatable bonds is 8. The minimum Gasteiger partial charge on any atom is -0.357 e. The quantitative estimate of drug-likeness (QED) is 0.239. The lowest BCUT2D eigenvalue weighted by Crippen LogP contribution is -2.42. The number of amides is 2. The summed E-state index contributed by atoms with van der Waals surface area (Å²) in [5.41, 5.74) is 1.34. The number of nitrogens with one attached hydrogen (secondary N) is 4. The van der Waals surface area contributed by atoms with Gasteiger partial charge in [-0.3, -0.25) is 9.59 Å². The Balaban J connectivity index is 1.76. The molecular formula is C19H25N5O2. The van der Waals surface area contributed by atoms with Crippen LogP contribution in [0, 0.1) is 18.3 Å². The Kier molecular flexibility index (Phi) is 7.49. The summed E-state index contributed by atoms with van der Waals surface area (Å²) in [6.45, 7) is 3.65. The molecule has 0 aliphatic heterocycles. The highest BCUT2D eigenvalue weighted by Gasteiger charge is 2.28. The van der Waals surface area contributed by atoms with E-state index < -0.39 is 0 Å². The maximum Gasteiger partial charge on any atom is 0.246 e. The molecule has 0 spiro atoms. The van der Waals surface area contributed by atoms with Gasteiger partial charge in [0.05, 0.1) is 0 Å². The number of carbonyl (C=O) groups excluding carboxylic acids is 2. The number of nitrogens with zero attached hydrogens (tertiary/aromatic N) is 1. The van der Waals surface area contributed by atoms with Crippen LogP contribution in [-0.4, -0.2) is 44.0 Å². The summed E-state index contributed by atoms with van der Waals surface area (Å²) < 4.78 is 0. The van der Waals surface area contributed by atoms with E-state index in [-0.39, 0.29) is 24.3 Å². The van der Waals surface area contributed by atoms with Gasteiger partial charge >= 0.3 is 0 Å². The molecule has 0 heterocycles. The molecule has 0 saturated heterocycles. The fourth-order valence-electron chi connectivity index (χ4n) is 2.24. The highest BCUT2D eigenvalue weighted by molar-refractivity contribution is 5.94. The van der Waals surface area contributed by atoms with Crippen LogP contribution in [0.1, 0.15) is 25.3 Å². The number of terminal acetylenes is 1. The number of aliphatic imine (C=N–C) groups is 1. The van der Waals surface area contributed by atoms with Crippen LogP contribution in [0.5, 0.6) is 0 Å². The average Bonchev–Trinajstić information content (AvgIpc) is 3.48. The second-order valence-electron chi connectivity index (χ2n) is 5.96. The van der Waals surface area contributed by atoms with E-state index in [0.29, 0.717) is 36.8 Å². The molecule has 4 N–H and O–H groups in total. The fraction of sp³-hybridized carbons (Fsp3) is 0.421. The zero-order valence-electron chi connectivity index (χ0n) is 15.0. The summed E-state index contributed by atoms with van der Waals surface area (Å²) in [6.07, 6.45) is 7.33. The monoisotopic (exact) mass is 355 g/mol. The molecule has 1 saturated carbocycles. The molecule has 1 aliphatic rings. The average molecular weight is 355 g/mol. The Bertz CT molecular complexity index is 704. The number of guanidine groups is 1. The molecule has 7 heteroatoms. The number of hydrogen-bond acceptors (Lipinski definition) is 3. The molecule has 1 fully saturated rings. The molecule has 2 rings (SSSR count). The largest absolute Gasteiger partial charge is 0.357 e. The molecule has 1 aliphatic carbocycles. The summed E-state index contributed by atoms with van der Waals surface area (Å²) in [7, 11) is 0. The zero-order valence-corrected chi connectivity index (χ0v) is 15.0. The van der Waals surface area contributed by atoms with Crippen LogP contribution in [0.3, 0.4) is 0 Å². The van der Waals surface area contributed by atoms with Crippen molar-refractivity contribution in [2.75, 3.05) is 31.5 Å². The summed E-state index contributed by atoms with van der Waals surface area (Å²) in [5, 5.41) is 11.8. The normalized spacial score (nSPS) is 13.5. The summed E-state index contributed by atoms with van der Waals surface area (Å²) in [4.78, 5) is 27.8. The topological polar surface area (TPSA) is 94.6 Å². The van der Waals surface area contributed by atoms with E-state index >= 15 is 0 Å². The third-order valence-corrected chi connectivity index (χ3v) is 3.70. The second kappa shape index (κ2) is 10.1. The van der Waals surface area contributed by atoms with E-state index in [1.165, 1.54) is 0 Å². The molecule has 2 amide bonds. The summed E-state index contributed by atoms with van der Waals surface area (Å²) in [5.74, 6) is 3.13. The molecule has 0 atom stereocenters.